The van der Waals surface area contributed by atoms with E-state index in [4.69, 9.17) is 0 Å². The molecule has 0 saturated carbocycles. The molecule has 2 aromatic carbocycles. The van der Waals surface area contributed by atoms with E-state index in [2.05, 4.69) is 24.3 Å². The van der Waals surface area contributed by atoms with E-state index in [0.29, 0.717) is 12.3 Å². The summed E-state index contributed by atoms with van der Waals surface area (Å²) in [5, 5.41) is 9.27. The Hall–Kier alpha value is -2.29. The first-order chi connectivity index (χ1) is 10.2. The molecule has 0 bridgehead atoms. The van der Waals surface area contributed by atoms with Crippen molar-refractivity contribution in [2.45, 2.75) is 18.8 Å². The zero-order valence-corrected chi connectivity index (χ0v) is 11.9. The minimum atomic E-state index is 0.166. The Balaban J connectivity index is 1.61. The Labute approximate surface area is 124 Å². The summed E-state index contributed by atoms with van der Waals surface area (Å²) in [4.78, 5) is 14.3. The van der Waals surface area contributed by atoms with Gasteiger partial charge in [-0.1, -0.05) is 42.5 Å². The Morgan fingerprint density at radius 2 is 1.81 bits per heavy atom. The number of hydrogen-bond acceptors (Lipinski definition) is 2. The molecule has 3 rings (SSSR count). The largest absolute Gasteiger partial charge is 0.508 e. The first-order valence-electron chi connectivity index (χ1n) is 7.33. The summed E-state index contributed by atoms with van der Waals surface area (Å²) in [6, 6.07) is 17.3. The summed E-state index contributed by atoms with van der Waals surface area (Å²) in [5.41, 5.74) is 2.26. The number of phenolic OH excluding ortho intramolecular Hbond substituents is 1. The Morgan fingerprint density at radius 3 is 2.52 bits per heavy atom. The molecule has 3 nitrogen and oxygen atoms in total. The quantitative estimate of drug-likeness (QED) is 0.939. The van der Waals surface area contributed by atoms with Crippen molar-refractivity contribution in [3.63, 3.8) is 0 Å². The zero-order chi connectivity index (χ0) is 14.7. The van der Waals surface area contributed by atoms with Crippen molar-refractivity contribution in [1.29, 1.82) is 0 Å². The highest BCUT2D eigenvalue weighted by atomic mass is 16.3. The second-order valence-electron chi connectivity index (χ2n) is 5.58. The average Bonchev–Trinajstić information content (AvgIpc) is 3.00. The highest BCUT2D eigenvalue weighted by Crippen LogP contribution is 2.27. The highest BCUT2D eigenvalue weighted by molar-refractivity contribution is 5.79. The van der Waals surface area contributed by atoms with E-state index in [1.807, 2.05) is 11.0 Å². The van der Waals surface area contributed by atoms with Gasteiger partial charge in [0.15, 0.2) is 0 Å². The lowest BCUT2D eigenvalue weighted by Crippen LogP contribution is -2.29. The molecule has 2 aromatic rings. The molecule has 1 atom stereocenters. The fourth-order valence-corrected chi connectivity index (χ4v) is 2.88. The van der Waals surface area contributed by atoms with Crippen LogP contribution < -0.4 is 0 Å². The van der Waals surface area contributed by atoms with Crippen LogP contribution in [0.2, 0.25) is 0 Å². The molecule has 1 saturated heterocycles. The van der Waals surface area contributed by atoms with Crippen molar-refractivity contribution >= 4 is 5.91 Å². The molecule has 0 spiro atoms. The first kappa shape index (κ1) is 13.7. The van der Waals surface area contributed by atoms with Gasteiger partial charge in [0.25, 0.3) is 0 Å². The van der Waals surface area contributed by atoms with Crippen molar-refractivity contribution in [2.24, 2.45) is 0 Å². The molecule has 0 aromatic heterocycles. The average molecular weight is 281 g/mol. The normalized spacial score (nSPS) is 17.9. The maximum atomic E-state index is 12.3. The van der Waals surface area contributed by atoms with E-state index in [9.17, 15) is 9.90 Å². The fraction of sp³-hybridized carbons (Fsp3) is 0.278. The second kappa shape index (κ2) is 6.00. The van der Waals surface area contributed by atoms with Crippen LogP contribution in [-0.2, 0) is 11.2 Å². The Bertz CT molecular complexity index is 607. The first-order valence-corrected chi connectivity index (χ1v) is 7.33. The van der Waals surface area contributed by atoms with Gasteiger partial charge in [-0.3, -0.25) is 4.79 Å². The van der Waals surface area contributed by atoms with Gasteiger partial charge >= 0.3 is 0 Å². The number of benzene rings is 2. The lowest BCUT2D eigenvalue weighted by Gasteiger charge is -2.17. The Morgan fingerprint density at radius 1 is 1.10 bits per heavy atom. The molecule has 108 valence electrons. The van der Waals surface area contributed by atoms with Crippen LogP contribution in [0.4, 0.5) is 0 Å². The molecule has 1 heterocycles. The van der Waals surface area contributed by atoms with Crippen molar-refractivity contribution in [3.05, 3.63) is 65.7 Å². The zero-order valence-electron chi connectivity index (χ0n) is 11.9. The molecule has 1 amide bonds. The summed E-state index contributed by atoms with van der Waals surface area (Å²) in [6.07, 6.45) is 1.44. The van der Waals surface area contributed by atoms with Gasteiger partial charge in [0.1, 0.15) is 5.75 Å². The second-order valence-corrected chi connectivity index (χ2v) is 5.58. The molecule has 1 aliphatic heterocycles. The number of nitrogens with zero attached hydrogens (tertiary/aromatic N) is 1. The summed E-state index contributed by atoms with van der Waals surface area (Å²) < 4.78 is 0. The monoisotopic (exact) mass is 281 g/mol. The standard InChI is InChI=1S/C18H19NO2/c20-17-8-6-14(7-9-17)12-18(21)19-11-10-16(13-19)15-4-2-1-3-5-15/h1-9,16,20H,10-13H2/t16-/m0/s1. The van der Waals surface area contributed by atoms with Gasteiger partial charge < -0.3 is 10.0 Å². The Kier molecular flexibility index (Phi) is 3.91. The molecule has 1 fully saturated rings. The summed E-state index contributed by atoms with van der Waals surface area (Å²) >= 11 is 0. The van der Waals surface area contributed by atoms with E-state index < -0.39 is 0 Å². The third-order valence-electron chi connectivity index (χ3n) is 4.10. The lowest BCUT2D eigenvalue weighted by molar-refractivity contribution is -0.129. The maximum Gasteiger partial charge on any atom is 0.227 e. The SMILES string of the molecule is O=C(Cc1ccc(O)cc1)N1CC[C@H](c2ccccc2)C1. The number of aromatic hydroxyl groups is 1. The molecule has 21 heavy (non-hydrogen) atoms. The summed E-state index contributed by atoms with van der Waals surface area (Å²) in [5.74, 6) is 0.852. The predicted molar refractivity (Wildman–Crippen MR) is 82.2 cm³/mol. The van der Waals surface area contributed by atoms with Gasteiger partial charge in [0.2, 0.25) is 5.91 Å². The van der Waals surface area contributed by atoms with Gasteiger partial charge in [-0.05, 0) is 29.7 Å². The van der Waals surface area contributed by atoms with Gasteiger partial charge in [-0.15, -0.1) is 0 Å². The van der Waals surface area contributed by atoms with E-state index in [0.717, 1.165) is 25.1 Å². The lowest BCUT2D eigenvalue weighted by atomic mass is 9.99. The molecule has 0 aliphatic carbocycles. The third-order valence-corrected chi connectivity index (χ3v) is 4.10. The number of carbonyl (C=O) groups is 1. The summed E-state index contributed by atoms with van der Waals surface area (Å²) in [6.45, 7) is 1.64. The van der Waals surface area contributed by atoms with E-state index in [1.165, 1.54) is 5.56 Å². The molecular formula is C18H19NO2. The van der Waals surface area contributed by atoms with E-state index >= 15 is 0 Å². The van der Waals surface area contributed by atoms with Crippen LogP contribution >= 0.6 is 0 Å². The van der Waals surface area contributed by atoms with E-state index in [-0.39, 0.29) is 11.7 Å². The molecule has 0 radical (unpaired) electrons. The molecule has 3 heteroatoms. The molecule has 1 aliphatic rings. The highest BCUT2D eigenvalue weighted by Gasteiger charge is 2.26. The smallest absolute Gasteiger partial charge is 0.227 e. The maximum absolute atomic E-state index is 12.3. The molecule has 1 N–H and O–H groups in total. The molecular weight excluding hydrogens is 262 g/mol. The number of hydrogen-bond donors (Lipinski definition) is 1. The van der Waals surface area contributed by atoms with Gasteiger partial charge in [-0.2, -0.15) is 0 Å². The molecule has 0 unspecified atom stereocenters. The number of carbonyl (C=O) groups excluding carboxylic acids is 1. The van der Waals surface area contributed by atoms with Crippen LogP contribution in [0.3, 0.4) is 0 Å². The fourth-order valence-electron chi connectivity index (χ4n) is 2.88. The number of phenols is 1. The van der Waals surface area contributed by atoms with Crippen LogP contribution in [0, 0.1) is 0 Å². The van der Waals surface area contributed by atoms with Crippen LogP contribution in [0.5, 0.6) is 5.75 Å². The minimum absolute atomic E-state index is 0.166. The number of rotatable bonds is 3. The van der Waals surface area contributed by atoms with Crippen LogP contribution in [0.25, 0.3) is 0 Å². The topological polar surface area (TPSA) is 40.5 Å². The van der Waals surface area contributed by atoms with E-state index in [1.54, 1.807) is 24.3 Å². The van der Waals surface area contributed by atoms with Crippen molar-refractivity contribution < 1.29 is 9.90 Å². The van der Waals surface area contributed by atoms with Crippen molar-refractivity contribution in [2.75, 3.05) is 13.1 Å². The third kappa shape index (κ3) is 3.24. The van der Waals surface area contributed by atoms with Gasteiger partial charge in [0, 0.05) is 19.0 Å². The van der Waals surface area contributed by atoms with Crippen LogP contribution in [0.1, 0.15) is 23.5 Å². The van der Waals surface area contributed by atoms with Crippen molar-refractivity contribution in [1.82, 2.24) is 4.90 Å². The van der Waals surface area contributed by atoms with Crippen molar-refractivity contribution in [3.8, 4) is 5.75 Å². The minimum Gasteiger partial charge on any atom is -0.508 e. The number of likely N-dealkylation sites (tertiary alicyclic amines) is 1. The van der Waals surface area contributed by atoms with Crippen LogP contribution in [0.15, 0.2) is 54.6 Å². The predicted octanol–water partition coefficient (Wildman–Crippen LogP) is 2.95. The number of amides is 1. The van der Waals surface area contributed by atoms with Gasteiger partial charge in [0.05, 0.1) is 6.42 Å². The van der Waals surface area contributed by atoms with Gasteiger partial charge in [-0.25, -0.2) is 0 Å². The summed E-state index contributed by atoms with van der Waals surface area (Å²) in [7, 11) is 0. The van der Waals surface area contributed by atoms with Crippen LogP contribution in [-0.4, -0.2) is 29.0 Å².